The van der Waals surface area contributed by atoms with Crippen molar-refractivity contribution in [2.24, 2.45) is 4.99 Å². The van der Waals surface area contributed by atoms with E-state index in [9.17, 15) is 14.0 Å². The number of carboxylic acids is 1. The van der Waals surface area contributed by atoms with Gasteiger partial charge in [0, 0.05) is 31.7 Å². The molecule has 0 saturated carbocycles. The predicted molar refractivity (Wildman–Crippen MR) is 139 cm³/mol. The van der Waals surface area contributed by atoms with Gasteiger partial charge in [-0.15, -0.1) is 0 Å². The summed E-state index contributed by atoms with van der Waals surface area (Å²) in [6, 6.07) is 19.7. The molecule has 190 valence electrons. The minimum atomic E-state index is -0.873. The van der Waals surface area contributed by atoms with Crippen molar-refractivity contribution < 1.29 is 23.8 Å². The van der Waals surface area contributed by atoms with E-state index in [-0.39, 0.29) is 12.3 Å². The molecule has 2 heterocycles. The second kappa shape index (κ2) is 11.0. The third-order valence-corrected chi connectivity index (χ3v) is 6.67. The van der Waals surface area contributed by atoms with E-state index in [1.54, 1.807) is 6.07 Å². The number of ether oxygens (including phenoxy) is 1. The molecule has 1 amide bonds. The molecular weight excluding hydrogens is 473 g/mol. The first-order valence-electron chi connectivity index (χ1n) is 12.4. The molecule has 3 aromatic rings. The lowest BCUT2D eigenvalue weighted by Gasteiger charge is -2.26. The molecule has 2 N–H and O–H groups in total. The van der Waals surface area contributed by atoms with Crippen LogP contribution in [0.2, 0.25) is 0 Å². The van der Waals surface area contributed by atoms with Crippen molar-refractivity contribution in [1.82, 2.24) is 4.90 Å². The number of carbonyl (C=O) groups excluding carboxylic acids is 1. The molecule has 0 aliphatic carbocycles. The van der Waals surface area contributed by atoms with Gasteiger partial charge < -0.3 is 15.2 Å². The number of aliphatic imine (C=N–C) groups is 1. The van der Waals surface area contributed by atoms with E-state index in [2.05, 4.69) is 10.2 Å². The van der Waals surface area contributed by atoms with Crippen LogP contribution in [-0.4, -0.2) is 53.9 Å². The maximum atomic E-state index is 13.9. The Morgan fingerprint density at radius 2 is 1.84 bits per heavy atom. The summed E-state index contributed by atoms with van der Waals surface area (Å²) >= 11 is 0. The molecule has 1 atom stereocenters. The third kappa shape index (κ3) is 5.93. The van der Waals surface area contributed by atoms with E-state index in [0.29, 0.717) is 29.1 Å². The zero-order valence-electron chi connectivity index (χ0n) is 20.3. The molecule has 0 bridgehead atoms. The Hall–Kier alpha value is -3.88. The van der Waals surface area contributed by atoms with Gasteiger partial charge >= 0.3 is 5.97 Å². The number of carbonyl (C=O) groups is 2. The smallest absolute Gasteiger partial charge is 0.303 e. The van der Waals surface area contributed by atoms with Gasteiger partial charge in [0.15, 0.2) is 0 Å². The van der Waals surface area contributed by atoms with E-state index >= 15 is 0 Å². The number of amides is 1. The number of hydrogen-bond acceptors (Lipinski definition) is 5. The highest BCUT2D eigenvalue weighted by molar-refractivity contribution is 6.24. The van der Waals surface area contributed by atoms with Crippen LogP contribution in [0.25, 0.3) is 0 Å². The van der Waals surface area contributed by atoms with Gasteiger partial charge in [0.25, 0.3) is 0 Å². The lowest BCUT2D eigenvalue weighted by atomic mass is 9.89. The van der Waals surface area contributed by atoms with Crippen LogP contribution in [-0.2, 0) is 27.3 Å². The van der Waals surface area contributed by atoms with Crippen molar-refractivity contribution in [3.63, 3.8) is 0 Å². The zero-order valence-corrected chi connectivity index (χ0v) is 20.3. The molecule has 1 saturated heterocycles. The third-order valence-electron chi connectivity index (χ3n) is 6.67. The van der Waals surface area contributed by atoms with Crippen molar-refractivity contribution in [2.45, 2.75) is 25.3 Å². The number of carboxylic acid groups (broad SMARTS) is 1. The molecule has 1 unspecified atom stereocenters. The van der Waals surface area contributed by atoms with Crippen molar-refractivity contribution in [2.75, 3.05) is 31.6 Å². The van der Waals surface area contributed by atoms with Gasteiger partial charge in [0.1, 0.15) is 11.7 Å². The fraction of sp³-hybridized carbons (Fsp3) is 0.276. The number of halogens is 1. The van der Waals surface area contributed by atoms with Gasteiger partial charge in [-0.2, -0.15) is 0 Å². The number of aliphatic carboxylic acids is 1. The molecular formula is C29H28FN3O4. The number of nitrogens with zero attached hydrogens (tertiary/aromatic N) is 2. The lowest BCUT2D eigenvalue weighted by molar-refractivity contribution is -0.137. The summed E-state index contributed by atoms with van der Waals surface area (Å²) < 4.78 is 19.3. The highest BCUT2D eigenvalue weighted by Gasteiger charge is 2.35. The molecule has 3 aromatic carbocycles. The number of aryl methyl sites for hydroxylation is 1. The van der Waals surface area contributed by atoms with Crippen molar-refractivity contribution in [1.29, 1.82) is 0 Å². The highest BCUT2D eigenvalue weighted by Crippen LogP contribution is 2.37. The van der Waals surface area contributed by atoms with Gasteiger partial charge in [-0.3, -0.25) is 19.5 Å². The first kappa shape index (κ1) is 24.8. The van der Waals surface area contributed by atoms with Crippen LogP contribution in [0.4, 0.5) is 15.8 Å². The van der Waals surface area contributed by atoms with Crippen LogP contribution in [0.3, 0.4) is 0 Å². The zero-order chi connectivity index (χ0) is 25.8. The van der Waals surface area contributed by atoms with Crippen LogP contribution in [0, 0.1) is 5.82 Å². The molecule has 2 aliphatic rings. The first-order chi connectivity index (χ1) is 18.0. The fourth-order valence-electron chi connectivity index (χ4n) is 4.77. The van der Waals surface area contributed by atoms with Crippen molar-refractivity contribution >= 4 is 29.0 Å². The summed E-state index contributed by atoms with van der Waals surface area (Å²) in [6.45, 7) is 4.12. The van der Waals surface area contributed by atoms with Crippen LogP contribution in [0.1, 0.15) is 34.6 Å². The number of benzene rings is 3. The summed E-state index contributed by atoms with van der Waals surface area (Å²) in [6.07, 6.45) is 0.373. The summed E-state index contributed by atoms with van der Waals surface area (Å²) in [5.74, 6) is -2.30. The average Bonchev–Trinajstić information content (AvgIpc) is 3.22. The van der Waals surface area contributed by atoms with Crippen LogP contribution in [0.5, 0.6) is 0 Å². The molecule has 5 rings (SSSR count). The standard InChI is InChI=1S/C29H28FN3O4/c30-22-7-10-24-25(17-22)32-29(36)27(24)28(21-3-1-2-19(16-21)6-11-26(34)35)31-23-8-4-20(5-9-23)18-33-12-14-37-15-13-33/h1-5,7-10,16-17,27H,6,11-15,18H2,(H,32,36)(H,34,35). The normalized spacial score (nSPS) is 17.9. The lowest BCUT2D eigenvalue weighted by Crippen LogP contribution is -2.35. The maximum Gasteiger partial charge on any atom is 0.303 e. The van der Waals surface area contributed by atoms with Gasteiger partial charge in [-0.1, -0.05) is 36.4 Å². The minimum absolute atomic E-state index is 0.00651. The highest BCUT2D eigenvalue weighted by atomic mass is 19.1. The van der Waals surface area contributed by atoms with Crippen molar-refractivity contribution in [3.8, 4) is 0 Å². The quantitative estimate of drug-likeness (QED) is 0.443. The molecule has 0 radical (unpaired) electrons. The SMILES string of the molecule is O=C(O)CCc1cccc(C(=Nc2ccc(CN3CCOCC3)cc2)C2C(=O)Nc3cc(F)ccc32)c1. The van der Waals surface area contributed by atoms with Crippen LogP contribution < -0.4 is 5.32 Å². The molecule has 0 aromatic heterocycles. The monoisotopic (exact) mass is 501 g/mol. The van der Waals surface area contributed by atoms with Crippen LogP contribution >= 0.6 is 0 Å². The van der Waals surface area contributed by atoms with Gasteiger partial charge in [0.05, 0.1) is 24.6 Å². The Labute approximate surface area is 214 Å². The van der Waals surface area contributed by atoms with Gasteiger partial charge in [0.2, 0.25) is 5.91 Å². The summed E-state index contributed by atoms with van der Waals surface area (Å²) in [5, 5.41) is 11.9. The Morgan fingerprint density at radius 3 is 2.59 bits per heavy atom. The van der Waals surface area contributed by atoms with Crippen molar-refractivity contribution in [3.05, 3.63) is 94.8 Å². The second-order valence-electron chi connectivity index (χ2n) is 9.30. The Balaban J connectivity index is 1.50. The molecule has 37 heavy (non-hydrogen) atoms. The topological polar surface area (TPSA) is 91.2 Å². The molecule has 7 nitrogen and oxygen atoms in total. The first-order valence-corrected chi connectivity index (χ1v) is 12.4. The predicted octanol–water partition coefficient (Wildman–Crippen LogP) is 4.53. The van der Waals surface area contributed by atoms with E-state index in [0.717, 1.165) is 49.5 Å². The minimum Gasteiger partial charge on any atom is -0.481 e. The number of rotatable bonds is 8. The molecule has 2 aliphatic heterocycles. The Morgan fingerprint density at radius 1 is 1.05 bits per heavy atom. The summed E-state index contributed by atoms with van der Waals surface area (Å²) in [5.41, 5.74) is 5.04. The summed E-state index contributed by atoms with van der Waals surface area (Å²) in [7, 11) is 0. The molecule has 0 spiro atoms. The van der Waals surface area contributed by atoms with Gasteiger partial charge in [-0.25, -0.2) is 4.39 Å². The Bertz CT molecular complexity index is 1330. The van der Waals surface area contributed by atoms with Crippen LogP contribution in [0.15, 0.2) is 71.7 Å². The number of fused-ring (bicyclic) bond motifs is 1. The number of morpholine rings is 1. The molecule has 8 heteroatoms. The summed E-state index contributed by atoms with van der Waals surface area (Å²) in [4.78, 5) is 31.5. The number of hydrogen-bond donors (Lipinski definition) is 2. The van der Waals surface area contributed by atoms with Gasteiger partial charge in [-0.05, 0) is 59.0 Å². The average molecular weight is 502 g/mol. The van der Waals surface area contributed by atoms with E-state index in [4.69, 9.17) is 14.8 Å². The number of nitrogens with one attached hydrogen (secondary N) is 1. The van der Waals surface area contributed by atoms with E-state index < -0.39 is 17.7 Å². The largest absolute Gasteiger partial charge is 0.481 e. The van der Waals surface area contributed by atoms with E-state index in [1.807, 2.05) is 48.5 Å². The second-order valence-corrected chi connectivity index (χ2v) is 9.30. The maximum absolute atomic E-state index is 13.9. The number of anilines is 1. The fourth-order valence-corrected chi connectivity index (χ4v) is 4.77. The molecule has 1 fully saturated rings. The van der Waals surface area contributed by atoms with E-state index in [1.165, 1.54) is 12.1 Å². The Kier molecular flexibility index (Phi) is 7.39.